The van der Waals surface area contributed by atoms with Crippen molar-refractivity contribution in [3.05, 3.63) is 23.8 Å². The van der Waals surface area contributed by atoms with Gasteiger partial charge in [-0.2, -0.15) is 4.98 Å². The summed E-state index contributed by atoms with van der Waals surface area (Å²) in [6.45, 7) is 2.04. The number of methoxy groups -OCH3 is 1. The lowest BCUT2D eigenvalue weighted by Crippen LogP contribution is -2.23. The van der Waals surface area contributed by atoms with Crippen molar-refractivity contribution in [2.75, 3.05) is 33.0 Å². The molecule has 1 aromatic rings. The summed E-state index contributed by atoms with van der Waals surface area (Å²) in [5.74, 6) is 1.12. The quantitative estimate of drug-likeness (QED) is 0.816. The Morgan fingerprint density at radius 3 is 2.88 bits per heavy atom. The van der Waals surface area contributed by atoms with Crippen LogP contribution in [0.15, 0.2) is 18.2 Å². The Balaban J connectivity index is 2.33. The van der Waals surface area contributed by atoms with Gasteiger partial charge in [0.05, 0.1) is 7.11 Å². The second-order valence-electron chi connectivity index (χ2n) is 4.03. The molecule has 0 bridgehead atoms. The van der Waals surface area contributed by atoms with Crippen molar-refractivity contribution in [2.45, 2.75) is 6.42 Å². The molecule has 86 valence electrons. The molecule has 0 aliphatic carbocycles. The first-order valence-electron chi connectivity index (χ1n) is 5.39. The molecule has 0 amide bonds. The van der Waals surface area contributed by atoms with Crippen molar-refractivity contribution >= 4 is 11.4 Å². The van der Waals surface area contributed by atoms with Crippen LogP contribution in [0.1, 0.15) is 12.0 Å². The number of nitrogens with zero attached hydrogens (tertiary/aromatic N) is 2. The molecule has 0 saturated heterocycles. The zero-order valence-corrected chi connectivity index (χ0v) is 9.73. The number of rotatable bonds is 2. The van der Waals surface area contributed by atoms with Gasteiger partial charge >= 0.3 is 0 Å². The highest BCUT2D eigenvalue weighted by atomic mass is 16.5. The Labute approximate surface area is 95.7 Å². The van der Waals surface area contributed by atoms with E-state index < -0.39 is 0 Å². The summed E-state index contributed by atoms with van der Waals surface area (Å²) in [4.78, 5) is 6.47. The minimum Gasteiger partial charge on any atom is -0.481 e. The number of anilines is 1. The van der Waals surface area contributed by atoms with Crippen molar-refractivity contribution in [3.63, 3.8) is 0 Å². The van der Waals surface area contributed by atoms with Crippen LogP contribution in [0.3, 0.4) is 0 Å². The summed E-state index contributed by atoms with van der Waals surface area (Å²) >= 11 is 0. The van der Waals surface area contributed by atoms with Crippen LogP contribution < -0.4 is 10.5 Å². The van der Waals surface area contributed by atoms with Crippen LogP contribution in [0.4, 0.5) is 5.82 Å². The third-order valence-electron chi connectivity index (χ3n) is 2.83. The zero-order chi connectivity index (χ0) is 11.5. The van der Waals surface area contributed by atoms with Gasteiger partial charge in [0.25, 0.3) is 0 Å². The van der Waals surface area contributed by atoms with Crippen molar-refractivity contribution in [1.29, 1.82) is 0 Å². The Morgan fingerprint density at radius 1 is 1.44 bits per heavy atom. The molecule has 2 N–H and O–H groups in total. The molecular formula is C12H17N3O. The smallest absolute Gasteiger partial charge is 0.222 e. The fourth-order valence-corrected chi connectivity index (χ4v) is 1.87. The molecule has 0 saturated carbocycles. The van der Waals surface area contributed by atoms with Gasteiger partial charge in [-0.1, -0.05) is 6.08 Å². The van der Waals surface area contributed by atoms with E-state index in [-0.39, 0.29) is 0 Å². The molecule has 0 unspecified atom stereocenters. The van der Waals surface area contributed by atoms with E-state index in [9.17, 15) is 0 Å². The largest absolute Gasteiger partial charge is 0.481 e. The first-order chi connectivity index (χ1) is 7.70. The van der Waals surface area contributed by atoms with E-state index in [0.717, 1.165) is 25.1 Å². The SMILES string of the molecule is COc1nc(N)ccc1C1=CCN(C)CC1. The monoisotopic (exact) mass is 219 g/mol. The zero-order valence-electron chi connectivity index (χ0n) is 9.73. The minimum atomic E-state index is 0.495. The van der Waals surface area contributed by atoms with E-state index in [1.54, 1.807) is 7.11 Å². The van der Waals surface area contributed by atoms with Gasteiger partial charge in [0, 0.05) is 18.7 Å². The molecule has 4 nitrogen and oxygen atoms in total. The van der Waals surface area contributed by atoms with E-state index in [0.29, 0.717) is 11.7 Å². The molecule has 0 aromatic carbocycles. The van der Waals surface area contributed by atoms with Gasteiger partial charge in [-0.05, 0) is 31.2 Å². The highest BCUT2D eigenvalue weighted by molar-refractivity contribution is 5.71. The van der Waals surface area contributed by atoms with Crippen LogP contribution in [-0.4, -0.2) is 37.1 Å². The first kappa shape index (κ1) is 11.0. The standard InChI is InChI=1S/C12H17N3O/c1-15-7-5-9(6-8-15)10-3-4-11(13)14-12(10)16-2/h3-5H,6-8H2,1-2H3,(H2,13,14). The number of hydrogen-bond donors (Lipinski definition) is 1. The fraction of sp³-hybridized carbons (Fsp3) is 0.417. The number of ether oxygens (including phenoxy) is 1. The molecular weight excluding hydrogens is 202 g/mol. The molecule has 0 atom stereocenters. The number of nitrogen functional groups attached to an aromatic ring is 1. The molecule has 0 radical (unpaired) electrons. The van der Waals surface area contributed by atoms with Gasteiger partial charge in [0.2, 0.25) is 5.88 Å². The summed E-state index contributed by atoms with van der Waals surface area (Å²) < 4.78 is 5.26. The Bertz CT molecular complexity index is 415. The Kier molecular flexibility index (Phi) is 3.10. The molecule has 2 heterocycles. The van der Waals surface area contributed by atoms with Crippen molar-refractivity contribution in [3.8, 4) is 5.88 Å². The Morgan fingerprint density at radius 2 is 2.25 bits per heavy atom. The van der Waals surface area contributed by atoms with Crippen LogP contribution >= 0.6 is 0 Å². The molecule has 16 heavy (non-hydrogen) atoms. The molecule has 0 spiro atoms. The van der Waals surface area contributed by atoms with E-state index in [1.165, 1.54) is 5.57 Å². The lowest BCUT2D eigenvalue weighted by Gasteiger charge is -2.22. The average Bonchev–Trinajstić information content (AvgIpc) is 2.30. The number of nitrogens with two attached hydrogens (primary N) is 1. The van der Waals surface area contributed by atoms with Crippen LogP contribution in [0, 0.1) is 0 Å². The summed E-state index contributed by atoms with van der Waals surface area (Å²) in [6, 6.07) is 3.80. The predicted molar refractivity (Wildman–Crippen MR) is 65.3 cm³/mol. The lowest BCUT2D eigenvalue weighted by molar-refractivity contribution is 0.368. The molecule has 1 aromatic heterocycles. The van der Waals surface area contributed by atoms with Crippen LogP contribution in [-0.2, 0) is 0 Å². The van der Waals surface area contributed by atoms with Crippen molar-refractivity contribution < 1.29 is 4.74 Å². The fourth-order valence-electron chi connectivity index (χ4n) is 1.87. The van der Waals surface area contributed by atoms with Crippen molar-refractivity contribution in [1.82, 2.24) is 9.88 Å². The number of pyridine rings is 1. The molecule has 1 aliphatic heterocycles. The van der Waals surface area contributed by atoms with Gasteiger partial charge in [-0.15, -0.1) is 0 Å². The van der Waals surface area contributed by atoms with Gasteiger partial charge in [-0.3, -0.25) is 0 Å². The van der Waals surface area contributed by atoms with Crippen LogP contribution in [0.2, 0.25) is 0 Å². The molecule has 0 fully saturated rings. The summed E-state index contributed by atoms with van der Waals surface area (Å²) in [5.41, 5.74) is 7.99. The van der Waals surface area contributed by atoms with Crippen LogP contribution in [0.25, 0.3) is 5.57 Å². The van der Waals surface area contributed by atoms with Crippen molar-refractivity contribution in [2.24, 2.45) is 0 Å². The lowest BCUT2D eigenvalue weighted by atomic mass is 10.0. The highest BCUT2D eigenvalue weighted by Gasteiger charge is 2.14. The molecule has 1 aliphatic rings. The maximum Gasteiger partial charge on any atom is 0.222 e. The summed E-state index contributed by atoms with van der Waals surface area (Å²) in [6.07, 6.45) is 3.25. The van der Waals surface area contributed by atoms with Gasteiger partial charge in [0.1, 0.15) is 5.82 Å². The summed E-state index contributed by atoms with van der Waals surface area (Å²) in [7, 11) is 3.74. The number of likely N-dealkylation sites (N-methyl/N-ethyl adjacent to an activating group) is 1. The maximum atomic E-state index is 5.64. The van der Waals surface area contributed by atoms with E-state index in [1.807, 2.05) is 12.1 Å². The minimum absolute atomic E-state index is 0.495. The predicted octanol–water partition coefficient (Wildman–Crippen LogP) is 1.39. The van der Waals surface area contributed by atoms with E-state index in [4.69, 9.17) is 10.5 Å². The normalized spacial score (nSPS) is 17.0. The highest BCUT2D eigenvalue weighted by Crippen LogP contribution is 2.29. The second-order valence-corrected chi connectivity index (χ2v) is 4.03. The van der Waals surface area contributed by atoms with E-state index >= 15 is 0 Å². The second kappa shape index (κ2) is 4.53. The average molecular weight is 219 g/mol. The third-order valence-corrected chi connectivity index (χ3v) is 2.83. The Hall–Kier alpha value is -1.55. The number of aromatic nitrogens is 1. The third kappa shape index (κ3) is 2.17. The van der Waals surface area contributed by atoms with Crippen LogP contribution in [0.5, 0.6) is 5.88 Å². The number of hydrogen-bond acceptors (Lipinski definition) is 4. The maximum absolute atomic E-state index is 5.64. The molecule has 2 rings (SSSR count). The first-order valence-corrected chi connectivity index (χ1v) is 5.39. The topological polar surface area (TPSA) is 51.4 Å². The summed E-state index contributed by atoms with van der Waals surface area (Å²) in [5, 5.41) is 0. The van der Waals surface area contributed by atoms with Gasteiger partial charge in [-0.25, -0.2) is 0 Å². The van der Waals surface area contributed by atoms with Gasteiger partial charge in [0.15, 0.2) is 0 Å². The molecule has 4 heteroatoms. The van der Waals surface area contributed by atoms with E-state index in [2.05, 4.69) is 23.0 Å². The van der Waals surface area contributed by atoms with Gasteiger partial charge < -0.3 is 15.4 Å².